The van der Waals surface area contributed by atoms with Crippen LogP contribution >= 0.6 is 11.8 Å². The molecular weight excluding hydrogens is 275 g/mol. The SMILES string of the molecule is CCC(CSC)Nc1cc(C(F)(F)F)cc(NC)n1. The largest absolute Gasteiger partial charge is 0.416 e. The molecule has 0 aliphatic heterocycles. The van der Waals surface area contributed by atoms with E-state index in [1.807, 2.05) is 13.2 Å². The van der Waals surface area contributed by atoms with E-state index >= 15 is 0 Å². The molecule has 0 amide bonds. The number of nitrogens with zero attached hydrogens (tertiary/aromatic N) is 1. The molecule has 1 aromatic heterocycles. The first-order valence-corrected chi connectivity index (χ1v) is 7.32. The number of pyridine rings is 1. The van der Waals surface area contributed by atoms with Gasteiger partial charge in [-0.05, 0) is 24.8 Å². The van der Waals surface area contributed by atoms with Gasteiger partial charge >= 0.3 is 6.18 Å². The van der Waals surface area contributed by atoms with E-state index < -0.39 is 11.7 Å². The average Bonchev–Trinajstić information content (AvgIpc) is 2.36. The van der Waals surface area contributed by atoms with Gasteiger partial charge in [-0.25, -0.2) is 4.98 Å². The fourth-order valence-electron chi connectivity index (χ4n) is 1.57. The van der Waals surface area contributed by atoms with Crippen molar-refractivity contribution in [2.75, 3.05) is 29.7 Å². The Labute approximate surface area is 115 Å². The molecule has 3 nitrogen and oxygen atoms in total. The van der Waals surface area contributed by atoms with Crippen LogP contribution in [0.25, 0.3) is 0 Å². The first-order chi connectivity index (χ1) is 8.90. The Balaban J connectivity index is 3.00. The third kappa shape index (κ3) is 4.81. The number of anilines is 2. The van der Waals surface area contributed by atoms with Crippen LogP contribution in [-0.2, 0) is 6.18 Å². The Morgan fingerprint density at radius 2 is 1.95 bits per heavy atom. The van der Waals surface area contributed by atoms with Gasteiger partial charge in [-0.3, -0.25) is 0 Å². The Bertz CT molecular complexity index is 410. The van der Waals surface area contributed by atoms with Crippen molar-refractivity contribution in [2.24, 2.45) is 0 Å². The summed E-state index contributed by atoms with van der Waals surface area (Å²) in [5.74, 6) is 1.28. The second-order valence-corrected chi connectivity index (χ2v) is 4.99. The molecule has 108 valence electrons. The minimum Gasteiger partial charge on any atom is -0.373 e. The zero-order chi connectivity index (χ0) is 14.5. The molecule has 2 N–H and O–H groups in total. The van der Waals surface area contributed by atoms with Crippen molar-refractivity contribution in [3.63, 3.8) is 0 Å². The van der Waals surface area contributed by atoms with Crippen LogP contribution in [0, 0.1) is 0 Å². The van der Waals surface area contributed by atoms with Crippen LogP contribution in [0.5, 0.6) is 0 Å². The summed E-state index contributed by atoms with van der Waals surface area (Å²) in [4.78, 5) is 4.10. The number of thioether (sulfide) groups is 1. The zero-order valence-corrected chi connectivity index (χ0v) is 12.0. The molecule has 1 unspecified atom stereocenters. The molecular formula is C12H18F3N3S. The summed E-state index contributed by atoms with van der Waals surface area (Å²) in [5.41, 5.74) is -0.701. The van der Waals surface area contributed by atoms with Gasteiger partial charge < -0.3 is 10.6 Å². The molecule has 0 radical (unpaired) electrons. The number of halogens is 3. The molecule has 1 heterocycles. The molecule has 19 heavy (non-hydrogen) atoms. The summed E-state index contributed by atoms with van der Waals surface area (Å²) in [7, 11) is 1.55. The average molecular weight is 293 g/mol. The van der Waals surface area contributed by atoms with Crippen molar-refractivity contribution < 1.29 is 13.2 Å². The smallest absolute Gasteiger partial charge is 0.373 e. The monoisotopic (exact) mass is 293 g/mol. The molecule has 0 aliphatic rings. The topological polar surface area (TPSA) is 37.0 Å². The van der Waals surface area contributed by atoms with Gasteiger partial charge in [0.1, 0.15) is 11.6 Å². The van der Waals surface area contributed by atoms with E-state index in [1.165, 1.54) is 0 Å². The van der Waals surface area contributed by atoms with Crippen molar-refractivity contribution in [2.45, 2.75) is 25.6 Å². The fourth-order valence-corrected chi connectivity index (χ4v) is 2.29. The van der Waals surface area contributed by atoms with Crippen molar-refractivity contribution >= 4 is 23.4 Å². The molecule has 0 aromatic carbocycles. The normalized spacial score (nSPS) is 13.2. The van der Waals surface area contributed by atoms with E-state index in [-0.39, 0.29) is 17.7 Å². The number of alkyl halides is 3. The van der Waals surface area contributed by atoms with Crippen LogP contribution in [0.3, 0.4) is 0 Å². The third-order valence-corrected chi connectivity index (χ3v) is 3.36. The Hall–Kier alpha value is -1.11. The van der Waals surface area contributed by atoms with Gasteiger partial charge in [0, 0.05) is 18.8 Å². The Morgan fingerprint density at radius 1 is 1.32 bits per heavy atom. The molecule has 0 spiro atoms. The molecule has 0 aliphatic carbocycles. The maximum absolute atomic E-state index is 12.8. The van der Waals surface area contributed by atoms with Gasteiger partial charge in [0.05, 0.1) is 5.56 Å². The van der Waals surface area contributed by atoms with E-state index in [4.69, 9.17) is 0 Å². The fraction of sp³-hybridized carbons (Fsp3) is 0.583. The predicted octanol–water partition coefficient (Wildman–Crippen LogP) is 3.70. The molecule has 0 saturated heterocycles. The maximum atomic E-state index is 12.8. The molecule has 1 atom stereocenters. The second kappa shape index (κ2) is 6.88. The summed E-state index contributed by atoms with van der Waals surface area (Å²) in [6, 6.07) is 2.15. The third-order valence-electron chi connectivity index (χ3n) is 2.62. The lowest BCUT2D eigenvalue weighted by Gasteiger charge is -2.18. The van der Waals surface area contributed by atoms with Gasteiger partial charge in [0.25, 0.3) is 0 Å². The molecule has 1 rings (SSSR count). The van der Waals surface area contributed by atoms with Gasteiger partial charge in [-0.15, -0.1) is 0 Å². The lowest BCUT2D eigenvalue weighted by molar-refractivity contribution is -0.137. The van der Waals surface area contributed by atoms with E-state index in [0.29, 0.717) is 0 Å². The lowest BCUT2D eigenvalue weighted by atomic mass is 10.2. The lowest BCUT2D eigenvalue weighted by Crippen LogP contribution is -2.22. The van der Waals surface area contributed by atoms with Gasteiger partial charge in [0.15, 0.2) is 0 Å². The van der Waals surface area contributed by atoms with Crippen LogP contribution in [0.15, 0.2) is 12.1 Å². The highest BCUT2D eigenvalue weighted by Gasteiger charge is 2.31. The predicted molar refractivity (Wildman–Crippen MR) is 74.9 cm³/mol. The van der Waals surface area contributed by atoms with Crippen molar-refractivity contribution in [3.05, 3.63) is 17.7 Å². The van der Waals surface area contributed by atoms with E-state index in [9.17, 15) is 13.2 Å². The highest BCUT2D eigenvalue weighted by molar-refractivity contribution is 7.98. The number of rotatable bonds is 6. The minimum atomic E-state index is -4.37. The van der Waals surface area contributed by atoms with E-state index in [1.54, 1.807) is 18.8 Å². The minimum absolute atomic E-state index is 0.107. The summed E-state index contributed by atoms with van der Waals surface area (Å²) < 4.78 is 38.3. The standard InChI is InChI=1S/C12H18F3N3S/c1-4-9(7-19-3)17-11-6-8(12(13,14)15)5-10(16-2)18-11/h5-6,9H,4,7H2,1-3H3,(H2,16,17,18). The molecule has 0 saturated carbocycles. The zero-order valence-electron chi connectivity index (χ0n) is 11.1. The Morgan fingerprint density at radius 3 is 2.42 bits per heavy atom. The molecule has 7 heteroatoms. The van der Waals surface area contributed by atoms with Crippen LogP contribution < -0.4 is 10.6 Å². The highest BCUT2D eigenvalue weighted by Crippen LogP contribution is 2.32. The first kappa shape index (κ1) is 15.9. The van der Waals surface area contributed by atoms with Crippen LogP contribution in [0.2, 0.25) is 0 Å². The van der Waals surface area contributed by atoms with Crippen LogP contribution in [0.4, 0.5) is 24.8 Å². The number of hydrogen-bond donors (Lipinski definition) is 2. The second-order valence-electron chi connectivity index (χ2n) is 4.08. The van der Waals surface area contributed by atoms with E-state index in [2.05, 4.69) is 15.6 Å². The van der Waals surface area contributed by atoms with Crippen molar-refractivity contribution in [3.8, 4) is 0 Å². The van der Waals surface area contributed by atoms with Crippen LogP contribution in [0.1, 0.15) is 18.9 Å². The number of aromatic nitrogens is 1. The van der Waals surface area contributed by atoms with Crippen molar-refractivity contribution in [1.82, 2.24) is 4.98 Å². The summed E-state index contributed by atoms with van der Waals surface area (Å²) >= 11 is 1.65. The number of nitrogens with one attached hydrogen (secondary N) is 2. The van der Waals surface area contributed by atoms with Gasteiger partial charge in [-0.1, -0.05) is 6.92 Å². The summed E-state index contributed by atoms with van der Waals surface area (Å²) in [6.07, 6.45) is -1.58. The van der Waals surface area contributed by atoms with Crippen LogP contribution in [-0.4, -0.2) is 30.1 Å². The van der Waals surface area contributed by atoms with E-state index in [0.717, 1.165) is 24.3 Å². The first-order valence-electron chi connectivity index (χ1n) is 5.93. The summed E-state index contributed by atoms with van der Waals surface area (Å²) in [5, 5.41) is 5.69. The highest BCUT2D eigenvalue weighted by atomic mass is 32.2. The quantitative estimate of drug-likeness (QED) is 0.838. The Kier molecular flexibility index (Phi) is 5.78. The molecule has 1 aromatic rings. The molecule has 0 bridgehead atoms. The van der Waals surface area contributed by atoms with Gasteiger partial charge in [0.2, 0.25) is 0 Å². The van der Waals surface area contributed by atoms with Crippen molar-refractivity contribution in [1.29, 1.82) is 0 Å². The maximum Gasteiger partial charge on any atom is 0.416 e. The summed E-state index contributed by atoms with van der Waals surface area (Å²) in [6.45, 7) is 1.99. The molecule has 0 fully saturated rings. The number of hydrogen-bond acceptors (Lipinski definition) is 4. The van der Waals surface area contributed by atoms with Gasteiger partial charge in [-0.2, -0.15) is 24.9 Å².